The van der Waals surface area contributed by atoms with Crippen LogP contribution in [0, 0.1) is 11.3 Å². The molecular weight excluding hydrogens is 186 g/mol. The summed E-state index contributed by atoms with van der Waals surface area (Å²) in [6.07, 6.45) is 2.16. The first kappa shape index (κ1) is 11.4. The molecular formula is C12H17N3. The van der Waals surface area contributed by atoms with Gasteiger partial charge in [0.1, 0.15) is 0 Å². The number of anilines is 1. The molecule has 0 atom stereocenters. The van der Waals surface area contributed by atoms with Crippen LogP contribution in [0.5, 0.6) is 0 Å². The minimum Gasteiger partial charge on any atom is -0.398 e. The minimum atomic E-state index is 0.506. The third-order valence-electron chi connectivity index (χ3n) is 2.30. The molecule has 0 saturated carbocycles. The molecule has 0 aromatic heterocycles. The Morgan fingerprint density at radius 1 is 1.53 bits per heavy atom. The van der Waals surface area contributed by atoms with Crippen molar-refractivity contribution in [3.63, 3.8) is 0 Å². The zero-order valence-electron chi connectivity index (χ0n) is 9.25. The molecule has 0 amide bonds. The number of nitrogens with two attached hydrogens (primary N) is 1. The van der Waals surface area contributed by atoms with Gasteiger partial charge in [-0.15, -0.1) is 0 Å². The van der Waals surface area contributed by atoms with Gasteiger partial charge in [-0.05, 0) is 36.8 Å². The van der Waals surface area contributed by atoms with Crippen molar-refractivity contribution < 1.29 is 0 Å². The van der Waals surface area contributed by atoms with Crippen molar-refractivity contribution in [2.45, 2.75) is 20.3 Å². The molecule has 0 saturated heterocycles. The molecule has 0 aliphatic heterocycles. The van der Waals surface area contributed by atoms with Crippen LogP contribution in [0.15, 0.2) is 17.1 Å². The molecule has 1 aromatic carbocycles. The fourth-order valence-corrected chi connectivity index (χ4v) is 1.60. The van der Waals surface area contributed by atoms with Crippen LogP contribution in [0.25, 0.3) is 0 Å². The Morgan fingerprint density at radius 3 is 2.67 bits per heavy atom. The van der Waals surface area contributed by atoms with E-state index in [-0.39, 0.29) is 0 Å². The highest BCUT2D eigenvalue weighted by molar-refractivity contribution is 5.89. The third-order valence-corrected chi connectivity index (χ3v) is 2.30. The molecule has 0 heterocycles. The maximum atomic E-state index is 7.40. The first-order valence-electron chi connectivity index (χ1n) is 4.98. The minimum absolute atomic E-state index is 0.506. The number of benzene rings is 1. The first-order chi connectivity index (χ1) is 7.10. The summed E-state index contributed by atoms with van der Waals surface area (Å²) in [5.74, 6) is 0.506. The van der Waals surface area contributed by atoms with Crippen LogP contribution >= 0.6 is 0 Å². The maximum Gasteiger partial charge on any atom is 0.0714 e. The lowest BCUT2D eigenvalue weighted by Gasteiger charge is -2.13. The summed E-state index contributed by atoms with van der Waals surface area (Å²) < 4.78 is 0. The number of nitrogen functional groups attached to an aromatic ring is 1. The first-order valence-corrected chi connectivity index (χ1v) is 4.98. The number of aliphatic imine (C=N–C) groups is 1. The van der Waals surface area contributed by atoms with Gasteiger partial charge in [0, 0.05) is 17.5 Å². The Kier molecular flexibility index (Phi) is 3.61. The number of hydrogen-bond donors (Lipinski definition) is 2. The smallest absolute Gasteiger partial charge is 0.0714 e. The van der Waals surface area contributed by atoms with Crippen molar-refractivity contribution in [2.75, 3.05) is 5.73 Å². The molecule has 80 valence electrons. The summed E-state index contributed by atoms with van der Waals surface area (Å²) in [4.78, 5) is 3.89. The van der Waals surface area contributed by atoms with Gasteiger partial charge in [0.15, 0.2) is 0 Å². The lowest BCUT2D eigenvalue weighted by molar-refractivity contribution is 0.648. The van der Waals surface area contributed by atoms with Gasteiger partial charge >= 0.3 is 0 Å². The van der Waals surface area contributed by atoms with E-state index in [0.29, 0.717) is 5.92 Å². The van der Waals surface area contributed by atoms with Gasteiger partial charge in [0.2, 0.25) is 0 Å². The van der Waals surface area contributed by atoms with E-state index in [1.807, 2.05) is 6.07 Å². The Balaban J connectivity index is 3.31. The second-order valence-electron chi connectivity index (χ2n) is 3.97. The van der Waals surface area contributed by atoms with E-state index in [9.17, 15) is 0 Å². The largest absolute Gasteiger partial charge is 0.398 e. The van der Waals surface area contributed by atoms with E-state index < -0.39 is 0 Å². The number of hydrogen-bond acceptors (Lipinski definition) is 3. The van der Waals surface area contributed by atoms with Crippen molar-refractivity contribution in [3.8, 4) is 0 Å². The molecule has 15 heavy (non-hydrogen) atoms. The maximum absolute atomic E-state index is 7.40. The molecule has 3 nitrogen and oxygen atoms in total. The van der Waals surface area contributed by atoms with Crippen LogP contribution in [-0.4, -0.2) is 12.9 Å². The predicted octanol–water partition coefficient (Wildman–Crippen LogP) is 2.80. The van der Waals surface area contributed by atoms with E-state index in [1.54, 1.807) is 6.07 Å². The summed E-state index contributed by atoms with van der Waals surface area (Å²) >= 11 is 0. The van der Waals surface area contributed by atoms with Gasteiger partial charge in [0.25, 0.3) is 0 Å². The Morgan fingerprint density at radius 2 is 2.20 bits per heavy atom. The van der Waals surface area contributed by atoms with Gasteiger partial charge < -0.3 is 11.1 Å². The lowest BCUT2D eigenvalue weighted by atomic mass is 9.95. The van der Waals surface area contributed by atoms with E-state index >= 15 is 0 Å². The Hall–Kier alpha value is -1.64. The van der Waals surface area contributed by atoms with E-state index in [1.165, 1.54) is 6.21 Å². The predicted molar refractivity (Wildman–Crippen MR) is 66.5 cm³/mol. The summed E-state index contributed by atoms with van der Waals surface area (Å²) in [7, 11) is 0. The van der Waals surface area contributed by atoms with Crippen molar-refractivity contribution in [3.05, 3.63) is 23.3 Å². The fourth-order valence-electron chi connectivity index (χ4n) is 1.60. The standard InChI is InChI=1S/C12H17N3/c1-8(2)6-9-10(7-13)12(15-3)5-4-11(9)14/h4-5,7-8,13H,3,6,14H2,1-2H3. The van der Waals surface area contributed by atoms with Crippen molar-refractivity contribution in [1.29, 1.82) is 5.41 Å². The molecule has 0 aliphatic carbocycles. The Bertz CT molecular complexity index is 381. The zero-order valence-corrected chi connectivity index (χ0v) is 9.25. The van der Waals surface area contributed by atoms with E-state index in [4.69, 9.17) is 11.1 Å². The van der Waals surface area contributed by atoms with Crippen LogP contribution in [-0.2, 0) is 6.42 Å². The molecule has 0 fully saturated rings. The van der Waals surface area contributed by atoms with Gasteiger partial charge in [0.05, 0.1) is 5.69 Å². The Labute approximate surface area is 90.5 Å². The number of nitrogens with one attached hydrogen (secondary N) is 1. The highest BCUT2D eigenvalue weighted by Gasteiger charge is 2.10. The molecule has 0 spiro atoms. The normalized spacial score (nSPS) is 10.3. The molecule has 3 N–H and O–H groups in total. The van der Waals surface area contributed by atoms with E-state index in [2.05, 4.69) is 25.6 Å². The molecule has 0 unspecified atom stereocenters. The number of nitrogens with zero attached hydrogens (tertiary/aromatic N) is 1. The highest BCUT2D eigenvalue weighted by atomic mass is 14.7. The summed E-state index contributed by atoms with van der Waals surface area (Å²) in [5.41, 5.74) is 9.16. The molecule has 1 rings (SSSR count). The van der Waals surface area contributed by atoms with Crippen LogP contribution in [0.2, 0.25) is 0 Å². The van der Waals surface area contributed by atoms with Crippen LogP contribution in [0.3, 0.4) is 0 Å². The fraction of sp³-hybridized carbons (Fsp3) is 0.333. The highest BCUT2D eigenvalue weighted by Crippen LogP contribution is 2.27. The number of rotatable bonds is 4. The summed E-state index contributed by atoms with van der Waals surface area (Å²) in [6, 6.07) is 3.63. The van der Waals surface area contributed by atoms with Crippen molar-refractivity contribution in [2.24, 2.45) is 10.9 Å². The third kappa shape index (κ3) is 2.43. The second kappa shape index (κ2) is 4.73. The van der Waals surface area contributed by atoms with Crippen molar-refractivity contribution >= 4 is 24.3 Å². The molecule has 3 heteroatoms. The summed E-state index contributed by atoms with van der Waals surface area (Å²) in [5, 5.41) is 7.40. The van der Waals surface area contributed by atoms with Gasteiger partial charge in [-0.25, -0.2) is 0 Å². The molecule has 0 radical (unpaired) electrons. The van der Waals surface area contributed by atoms with Crippen LogP contribution in [0.1, 0.15) is 25.0 Å². The summed E-state index contributed by atoms with van der Waals surface area (Å²) in [6.45, 7) is 7.75. The lowest BCUT2D eigenvalue weighted by Crippen LogP contribution is -2.04. The van der Waals surface area contributed by atoms with Crippen LogP contribution < -0.4 is 5.73 Å². The van der Waals surface area contributed by atoms with Crippen LogP contribution in [0.4, 0.5) is 11.4 Å². The quantitative estimate of drug-likeness (QED) is 0.573. The average Bonchev–Trinajstić information content (AvgIpc) is 2.20. The molecule has 0 aliphatic rings. The monoisotopic (exact) mass is 203 g/mol. The average molecular weight is 203 g/mol. The van der Waals surface area contributed by atoms with E-state index in [0.717, 1.165) is 28.9 Å². The SMILES string of the molecule is C=Nc1ccc(N)c(CC(C)C)c1C=N. The van der Waals surface area contributed by atoms with Crippen molar-refractivity contribution in [1.82, 2.24) is 0 Å². The molecule has 0 bridgehead atoms. The molecule has 1 aromatic rings. The second-order valence-corrected chi connectivity index (χ2v) is 3.97. The van der Waals surface area contributed by atoms with Gasteiger partial charge in [-0.1, -0.05) is 13.8 Å². The van der Waals surface area contributed by atoms with Gasteiger partial charge in [-0.3, -0.25) is 4.99 Å². The van der Waals surface area contributed by atoms with Gasteiger partial charge in [-0.2, -0.15) is 0 Å². The topological polar surface area (TPSA) is 62.2 Å². The zero-order chi connectivity index (χ0) is 11.4.